The molecule has 3 N–H and O–H groups in total. The van der Waals surface area contributed by atoms with E-state index >= 15 is 0 Å². The quantitative estimate of drug-likeness (QED) is 0.785. The Morgan fingerprint density at radius 2 is 1.97 bits per heavy atom. The van der Waals surface area contributed by atoms with Crippen LogP contribution in [0.25, 0.3) is 0 Å². The lowest BCUT2D eigenvalue weighted by atomic mass is 10.0. The minimum atomic E-state index is -4.50. The zero-order valence-electron chi connectivity index (χ0n) is 15.4. The third kappa shape index (κ3) is 5.59. The van der Waals surface area contributed by atoms with Crippen LogP contribution in [0.4, 0.5) is 23.7 Å². The van der Waals surface area contributed by atoms with Crippen LogP contribution >= 0.6 is 0 Å². The Bertz CT molecular complexity index is 883. The molecule has 7 nitrogen and oxygen atoms in total. The van der Waals surface area contributed by atoms with Gasteiger partial charge < -0.3 is 15.2 Å². The van der Waals surface area contributed by atoms with Crippen molar-refractivity contribution in [3.8, 4) is 5.88 Å². The number of halogens is 3. The van der Waals surface area contributed by atoms with E-state index in [1.165, 1.54) is 0 Å². The highest BCUT2D eigenvalue weighted by Gasteiger charge is 2.30. The molecule has 0 bridgehead atoms. The molecular formula is C19H19F3N4O3. The molecule has 29 heavy (non-hydrogen) atoms. The van der Waals surface area contributed by atoms with Crippen LogP contribution in [0.5, 0.6) is 5.88 Å². The monoisotopic (exact) mass is 408 g/mol. The first-order chi connectivity index (χ1) is 13.7. The van der Waals surface area contributed by atoms with Gasteiger partial charge in [0.05, 0.1) is 11.6 Å². The number of aryl methyl sites for hydroxylation is 1. The third-order valence-corrected chi connectivity index (χ3v) is 4.33. The van der Waals surface area contributed by atoms with E-state index in [1.54, 1.807) is 12.1 Å². The number of anilines is 1. The second-order valence-electron chi connectivity index (χ2n) is 6.49. The summed E-state index contributed by atoms with van der Waals surface area (Å²) in [6, 6.07) is 9.08. The van der Waals surface area contributed by atoms with E-state index in [2.05, 4.69) is 15.3 Å². The molecular weight excluding hydrogens is 389 g/mol. The SMILES string of the molecule is C[C@@H]1OC(N)=N[C@H]1CCc1ccc(NC(=O)Oc2ccc(C(F)(F)F)cn2)cc1. The number of carbonyl (C=O) groups excluding carboxylic acids is 1. The number of pyridine rings is 1. The fraction of sp³-hybridized carbons (Fsp3) is 0.316. The number of nitrogens with two attached hydrogens (primary N) is 1. The smallest absolute Gasteiger partial charge is 0.418 e. The van der Waals surface area contributed by atoms with Crippen molar-refractivity contribution in [2.45, 2.75) is 38.1 Å². The van der Waals surface area contributed by atoms with Crippen molar-refractivity contribution in [2.24, 2.45) is 10.7 Å². The van der Waals surface area contributed by atoms with Gasteiger partial charge in [0.25, 0.3) is 6.02 Å². The summed E-state index contributed by atoms with van der Waals surface area (Å²) in [6.07, 6.45) is -3.27. The van der Waals surface area contributed by atoms with Crippen molar-refractivity contribution in [1.82, 2.24) is 4.98 Å². The van der Waals surface area contributed by atoms with Crippen LogP contribution in [0, 0.1) is 0 Å². The summed E-state index contributed by atoms with van der Waals surface area (Å²) in [7, 11) is 0. The van der Waals surface area contributed by atoms with Crippen LogP contribution in [-0.4, -0.2) is 29.2 Å². The largest absolute Gasteiger partial charge is 0.460 e. The second kappa shape index (κ2) is 8.38. The Morgan fingerprint density at radius 1 is 1.24 bits per heavy atom. The Hall–Kier alpha value is -3.30. The van der Waals surface area contributed by atoms with Gasteiger partial charge in [0, 0.05) is 18.0 Å². The van der Waals surface area contributed by atoms with Gasteiger partial charge in [-0.15, -0.1) is 0 Å². The lowest BCUT2D eigenvalue weighted by Crippen LogP contribution is -2.20. The fourth-order valence-corrected chi connectivity index (χ4v) is 2.78. The van der Waals surface area contributed by atoms with Crippen LogP contribution in [0.3, 0.4) is 0 Å². The third-order valence-electron chi connectivity index (χ3n) is 4.33. The average Bonchev–Trinajstić information content (AvgIpc) is 2.98. The highest BCUT2D eigenvalue weighted by molar-refractivity contribution is 5.86. The molecule has 0 fully saturated rings. The zero-order valence-corrected chi connectivity index (χ0v) is 15.4. The van der Waals surface area contributed by atoms with Gasteiger partial charge in [0.1, 0.15) is 6.10 Å². The Labute approximate surface area is 164 Å². The number of nitrogens with zero attached hydrogens (tertiary/aromatic N) is 2. The molecule has 2 aromatic rings. The van der Waals surface area contributed by atoms with E-state index in [1.807, 2.05) is 19.1 Å². The molecule has 2 atom stereocenters. The zero-order chi connectivity index (χ0) is 21.0. The number of amides is 1. The molecule has 154 valence electrons. The summed E-state index contributed by atoms with van der Waals surface area (Å²) < 4.78 is 47.7. The molecule has 0 spiro atoms. The summed E-state index contributed by atoms with van der Waals surface area (Å²) in [5, 5.41) is 2.49. The predicted octanol–water partition coefficient (Wildman–Crippen LogP) is 3.75. The lowest BCUT2D eigenvalue weighted by Gasteiger charge is -2.12. The minimum Gasteiger partial charge on any atom is -0.460 e. The van der Waals surface area contributed by atoms with Crippen molar-refractivity contribution in [3.05, 3.63) is 53.7 Å². The van der Waals surface area contributed by atoms with Crippen LogP contribution in [0.1, 0.15) is 24.5 Å². The van der Waals surface area contributed by atoms with Crippen molar-refractivity contribution < 1.29 is 27.4 Å². The molecule has 0 aliphatic carbocycles. The molecule has 0 radical (unpaired) electrons. The summed E-state index contributed by atoms with van der Waals surface area (Å²) in [5.41, 5.74) is 6.15. The van der Waals surface area contributed by atoms with Crippen LogP contribution in [0.15, 0.2) is 47.6 Å². The average molecular weight is 408 g/mol. The van der Waals surface area contributed by atoms with E-state index < -0.39 is 17.8 Å². The predicted molar refractivity (Wildman–Crippen MR) is 99.6 cm³/mol. The van der Waals surface area contributed by atoms with Gasteiger partial charge in [-0.25, -0.2) is 14.8 Å². The van der Waals surface area contributed by atoms with Gasteiger partial charge in [-0.2, -0.15) is 13.2 Å². The lowest BCUT2D eigenvalue weighted by molar-refractivity contribution is -0.137. The molecule has 0 unspecified atom stereocenters. The number of amidine groups is 1. The van der Waals surface area contributed by atoms with Crippen LogP contribution in [0.2, 0.25) is 0 Å². The maximum atomic E-state index is 12.5. The number of rotatable bonds is 5. The second-order valence-corrected chi connectivity index (χ2v) is 6.49. The van der Waals surface area contributed by atoms with E-state index in [4.69, 9.17) is 15.2 Å². The topological polar surface area (TPSA) is 98.8 Å². The molecule has 1 aliphatic heterocycles. The van der Waals surface area contributed by atoms with Gasteiger partial charge in [-0.05, 0) is 43.5 Å². The van der Waals surface area contributed by atoms with Crippen molar-refractivity contribution in [3.63, 3.8) is 0 Å². The van der Waals surface area contributed by atoms with E-state index in [-0.39, 0.29) is 24.0 Å². The van der Waals surface area contributed by atoms with Crippen molar-refractivity contribution in [2.75, 3.05) is 5.32 Å². The highest BCUT2D eigenvalue weighted by atomic mass is 19.4. The van der Waals surface area contributed by atoms with Gasteiger partial charge in [-0.1, -0.05) is 12.1 Å². The number of hydrogen-bond acceptors (Lipinski definition) is 6. The highest BCUT2D eigenvalue weighted by Crippen LogP contribution is 2.29. The molecule has 1 amide bonds. The number of alkyl halides is 3. The molecule has 1 aromatic carbocycles. The number of hydrogen-bond donors (Lipinski definition) is 2. The van der Waals surface area contributed by atoms with Crippen LogP contribution < -0.4 is 15.8 Å². The standard InChI is InChI=1S/C19H19F3N4O3/c1-11-15(26-17(23)28-11)8-4-12-2-6-14(7-3-12)25-18(27)29-16-9-5-13(10-24-16)19(20,21)22/h2-3,5-7,9-11,15H,4,8H2,1H3,(H2,23,26)(H,25,27)/t11-,15-/m0/s1. The molecule has 10 heteroatoms. The first kappa shape index (κ1) is 20.4. The fourth-order valence-electron chi connectivity index (χ4n) is 2.78. The van der Waals surface area contributed by atoms with E-state index in [0.717, 1.165) is 30.5 Å². The number of carbonyl (C=O) groups is 1. The summed E-state index contributed by atoms with van der Waals surface area (Å²) in [5.74, 6) is -0.236. The summed E-state index contributed by atoms with van der Waals surface area (Å²) in [6.45, 7) is 1.91. The van der Waals surface area contributed by atoms with Gasteiger partial charge in [-0.3, -0.25) is 5.32 Å². The summed E-state index contributed by atoms with van der Waals surface area (Å²) in [4.78, 5) is 19.6. The number of aliphatic imine (C=N–C) groups is 1. The molecule has 0 saturated heterocycles. The number of nitrogens with one attached hydrogen (secondary N) is 1. The molecule has 3 rings (SSSR count). The van der Waals surface area contributed by atoms with Crippen molar-refractivity contribution >= 4 is 17.8 Å². The first-order valence-electron chi connectivity index (χ1n) is 8.81. The molecule has 0 saturated carbocycles. The maximum absolute atomic E-state index is 12.5. The number of ether oxygens (including phenoxy) is 2. The van der Waals surface area contributed by atoms with E-state index in [0.29, 0.717) is 11.9 Å². The number of benzene rings is 1. The molecule has 1 aliphatic rings. The van der Waals surface area contributed by atoms with E-state index in [9.17, 15) is 18.0 Å². The van der Waals surface area contributed by atoms with Crippen LogP contribution in [-0.2, 0) is 17.3 Å². The number of aromatic nitrogens is 1. The molecule has 1 aromatic heterocycles. The Balaban J connectivity index is 1.49. The molecule has 2 heterocycles. The Morgan fingerprint density at radius 3 is 2.52 bits per heavy atom. The maximum Gasteiger partial charge on any atom is 0.418 e. The van der Waals surface area contributed by atoms with Gasteiger partial charge >= 0.3 is 12.3 Å². The van der Waals surface area contributed by atoms with Crippen molar-refractivity contribution in [1.29, 1.82) is 0 Å². The van der Waals surface area contributed by atoms with Gasteiger partial charge in [0.15, 0.2) is 0 Å². The first-order valence-corrected chi connectivity index (χ1v) is 8.81. The summed E-state index contributed by atoms with van der Waals surface area (Å²) >= 11 is 0. The van der Waals surface area contributed by atoms with Gasteiger partial charge in [0.2, 0.25) is 5.88 Å². The normalized spacial score (nSPS) is 18.7. The Kier molecular flexibility index (Phi) is 5.90. The minimum absolute atomic E-state index is 0.0130.